The summed E-state index contributed by atoms with van der Waals surface area (Å²) in [5.41, 5.74) is 2.05. The second-order valence-electron chi connectivity index (χ2n) is 7.77. The fraction of sp³-hybridized carbons (Fsp3) is 0.345. The maximum absolute atomic E-state index is 10.8. The Morgan fingerprint density at radius 2 is 1.71 bits per heavy atom. The normalized spacial score (nSPS) is 11.1. The van der Waals surface area contributed by atoms with Crippen LogP contribution in [0, 0.1) is 6.92 Å². The molecule has 0 aliphatic rings. The average Bonchev–Trinajstić information content (AvgIpc) is 2.86. The summed E-state index contributed by atoms with van der Waals surface area (Å²) < 4.78 is 18.2. The van der Waals surface area contributed by atoms with Crippen molar-refractivity contribution >= 4 is 17.6 Å². The molecular weight excluding hydrogens is 464 g/mol. The molecule has 0 aromatic heterocycles. The molecule has 3 aromatic carbocycles. The van der Waals surface area contributed by atoms with Crippen LogP contribution in [0.25, 0.3) is 0 Å². The minimum atomic E-state index is -0.793. The van der Waals surface area contributed by atoms with Crippen molar-refractivity contribution in [3.63, 3.8) is 0 Å². The Balaban J connectivity index is 0.00000210. The number of carbonyl (C=O) groups is 1. The van der Waals surface area contributed by atoms with Gasteiger partial charge in [-0.1, -0.05) is 56.6 Å². The number of para-hydroxylation sites is 1. The summed E-state index contributed by atoms with van der Waals surface area (Å²) in [7, 11) is 0. The summed E-state index contributed by atoms with van der Waals surface area (Å²) >= 11 is 6.18. The lowest BCUT2D eigenvalue weighted by Gasteiger charge is -2.20. The Kier molecular flexibility index (Phi) is 12.0. The summed E-state index contributed by atoms with van der Waals surface area (Å²) in [6.45, 7) is 8.53. The zero-order chi connectivity index (χ0) is 25.6. The van der Waals surface area contributed by atoms with Crippen LogP contribution < -0.4 is 14.2 Å². The van der Waals surface area contributed by atoms with Crippen LogP contribution in [0.5, 0.6) is 23.0 Å². The minimum Gasteiger partial charge on any atom is -0.493 e. The van der Waals surface area contributed by atoms with Crippen molar-refractivity contribution in [1.82, 2.24) is 0 Å². The molecule has 0 bridgehead atoms. The van der Waals surface area contributed by atoms with Gasteiger partial charge in [0.25, 0.3) is 0 Å². The van der Waals surface area contributed by atoms with Gasteiger partial charge in [0.1, 0.15) is 17.6 Å². The third-order valence-corrected chi connectivity index (χ3v) is 5.49. The van der Waals surface area contributed by atoms with Crippen molar-refractivity contribution in [3.05, 3.63) is 82.9 Å². The van der Waals surface area contributed by atoms with Crippen molar-refractivity contribution in [2.45, 2.75) is 59.5 Å². The van der Waals surface area contributed by atoms with Crippen molar-refractivity contribution in [1.29, 1.82) is 0 Å². The smallest absolute Gasteiger partial charge is 0.303 e. The fourth-order valence-electron chi connectivity index (χ4n) is 3.39. The molecule has 3 rings (SSSR count). The number of aliphatic carboxylic acids is 1. The molecule has 0 spiro atoms. The number of carboxylic acids is 1. The first kappa shape index (κ1) is 28.1. The van der Waals surface area contributed by atoms with E-state index >= 15 is 0 Å². The van der Waals surface area contributed by atoms with Crippen LogP contribution >= 0.6 is 11.6 Å². The second-order valence-corrected chi connectivity index (χ2v) is 8.21. The molecule has 0 aliphatic heterocycles. The van der Waals surface area contributed by atoms with E-state index in [1.165, 1.54) is 0 Å². The molecule has 0 aliphatic carbocycles. The van der Waals surface area contributed by atoms with E-state index in [0.29, 0.717) is 41.7 Å². The Morgan fingerprint density at radius 1 is 0.971 bits per heavy atom. The molecule has 1 N–H and O–H groups in total. The standard InChI is InChI=1S/C27H29ClO5.C2H6/c1-3-22(15-16-31-24-12-9-20(19(2)17-24)10-14-27(29)30)32-25-13-11-21(28)18-26(25)33-23-7-5-4-6-8-23;1-2/h4-9,11-13,17-18,22H,3,10,14-16H2,1-2H3,(H,29,30);1-2H3. The predicted octanol–water partition coefficient (Wildman–Crippen LogP) is 8.11. The third kappa shape index (κ3) is 9.53. The number of hydrogen-bond acceptors (Lipinski definition) is 4. The van der Waals surface area contributed by atoms with Crippen LogP contribution in [0.1, 0.15) is 51.2 Å². The lowest BCUT2D eigenvalue weighted by molar-refractivity contribution is -0.136. The maximum Gasteiger partial charge on any atom is 0.303 e. The van der Waals surface area contributed by atoms with Gasteiger partial charge >= 0.3 is 5.97 Å². The van der Waals surface area contributed by atoms with Crippen molar-refractivity contribution < 1.29 is 24.1 Å². The van der Waals surface area contributed by atoms with Gasteiger partial charge in [-0.25, -0.2) is 0 Å². The quantitative estimate of drug-likeness (QED) is 0.273. The molecule has 188 valence electrons. The number of halogens is 1. The number of benzene rings is 3. The van der Waals surface area contributed by atoms with E-state index in [4.69, 9.17) is 30.9 Å². The fourth-order valence-corrected chi connectivity index (χ4v) is 3.55. The topological polar surface area (TPSA) is 65.0 Å². The molecule has 0 heterocycles. The highest BCUT2D eigenvalue weighted by Crippen LogP contribution is 2.35. The number of carboxylic acid groups (broad SMARTS) is 1. The lowest BCUT2D eigenvalue weighted by atomic mass is 10.0. The molecule has 0 fully saturated rings. The summed E-state index contributed by atoms with van der Waals surface area (Å²) in [4.78, 5) is 10.8. The lowest BCUT2D eigenvalue weighted by Crippen LogP contribution is -2.19. The highest BCUT2D eigenvalue weighted by atomic mass is 35.5. The first-order chi connectivity index (χ1) is 16.9. The first-order valence-electron chi connectivity index (χ1n) is 12.1. The summed E-state index contributed by atoms with van der Waals surface area (Å²) in [5, 5.41) is 9.45. The largest absolute Gasteiger partial charge is 0.493 e. The van der Waals surface area contributed by atoms with E-state index < -0.39 is 5.97 Å². The number of ether oxygens (including phenoxy) is 3. The first-order valence-corrected chi connectivity index (χ1v) is 12.5. The van der Waals surface area contributed by atoms with E-state index in [2.05, 4.69) is 6.92 Å². The molecule has 3 aromatic rings. The number of rotatable bonds is 12. The van der Waals surface area contributed by atoms with Gasteiger partial charge in [0.2, 0.25) is 0 Å². The van der Waals surface area contributed by atoms with E-state index in [1.54, 1.807) is 12.1 Å². The van der Waals surface area contributed by atoms with E-state index in [-0.39, 0.29) is 12.5 Å². The molecule has 35 heavy (non-hydrogen) atoms. The van der Waals surface area contributed by atoms with Gasteiger partial charge in [-0.05, 0) is 67.3 Å². The van der Waals surface area contributed by atoms with Crippen LogP contribution in [-0.2, 0) is 11.2 Å². The molecule has 0 amide bonds. The number of hydrogen-bond donors (Lipinski definition) is 1. The van der Waals surface area contributed by atoms with Gasteiger partial charge in [-0.15, -0.1) is 0 Å². The van der Waals surface area contributed by atoms with Crippen LogP contribution in [-0.4, -0.2) is 23.8 Å². The summed E-state index contributed by atoms with van der Waals surface area (Å²) in [5.74, 6) is 1.89. The molecule has 0 radical (unpaired) electrons. The van der Waals surface area contributed by atoms with Crippen molar-refractivity contribution in [3.8, 4) is 23.0 Å². The molecule has 1 atom stereocenters. The Labute approximate surface area is 213 Å². The van der Waals surface area contributed by atoms with E-state index in [1.807, 2.05) is 75.4 Å². The molecular formula is C29H35ClO5. The summed E-state index contributed by atoms with van der Waals surface area (Å²) in [6, 6.07) is 20.6. The SMILES string of the molecule is CC.CCC(CCOc1ccc(CCC(=O)O)c(C)c1)Oc1ccc(Cl)cc1Oc1ccccc1. The van der Waals surface area contributed by atoms with Crippen molar-refractivity contribution in [2.75, 3.05) is 6.61 Å². The zero-order valence-electron chi connectivity index (χ0n) is 20.9. The molecule has 0 saturated carbocycles. The van der Waals surface area contributed by atoms with Crippen LogP contribution in [0.15, 0.2) is 66.7 Å². The average molecular weight is 499 g/mol. The van der Waals surface area contributed by atoms with Crippen LogP contribution in [0.3, 0.4) is 0 Å². The Morgan fingerprint density at radius 3 is 2.37 bits per heavy atom. The molecule has 1 unspecified atom stereocenters. The monoisotopic (exact) mass is 498 g/mol. The van der Waals surface area contributed by atoms with Gasteiger partial charge < -0.3 is 19.3 Å². The van der Waals surface area contributed by atoms with E-state index in [9.17, 15) is 4.79 Å². The number of aryl methyl sites for hydroxylation is 2. The predicted molar refractivity (Wildman–Crippen MR) is 141 cm³/mol. The maximum atomic E-state index is 10.8. The van der Waals surface area contributed by atoms with Gasteiger partial charge in [0.15, 0.2) is 11.5 Å². The van der Waals surface area contributed by atoms with Crippen molar-refractivity contribution in [2.24, 2.45) is 0 Å². The molecule has 6 heteroatoms. The minimum absolute atomic E-state index is 0.0553. The highest BCUT2D eigenvalue weighted by Gasteiger charge is 2.14. The van der Waals surface area contributed by atoms with Crippen LogP contribution in [0.4, 0.5) is 0 Å². The van der Waals surface area contributed by atoms with Gasteiger partial charge in [0.05, 0.1) is 6.61 Å². The molecule has 0 saturated heterocycles. The third-order valence-electron chi connectivity index (χ3n) is 5.26. The Bertz CT molecular complexity index is 1050. The summed E-state index contributed by atoms with van der Waals surface area (Å²) in [6.07, 6.45) is 2.09. The second kappa shape index (κ2) is 14.9. The van der Waals surface area contributed by atoms with Gasteiger partial charge in [0, 0.05) is 23.9 Å². The van der Waals surface area contributed by atoms with Gasteiger partial charge in [-0.3, -0.25) is 4.79 Å². The highest BCUT2D eigenvalue weighted by molar-refractivity contribution is 6.30. The van der Waals surface area contributed by atoms with E-state index in [0.717, 1.165) is 23.3 Å². The van der Waals surface area contributed by atoms with Gasteiger partial charge in [-0.2, -0.15) is 0 Å². The molecule has 5 nitrogen and oxygen atoms in total. The Hall–Kier alpha value is -3.18. The zero-order valence-corrected chi connectivity index (χ0v) is 21.7. The van der Waals surface area contributed by atoms with Crippen LogP contribution in [0.2, 0.25) is 5.02 Å².